The maximum atomic E-state index is 13.4. The topological polar surface area (TPSA) is 52.0 Å². The second-order valence-corrected chi connectivity index (χ2v) is 5.33. The van der Waals surface area contributed by atoms with Crippen LogP contribution in [0.3, 0.4) is 0 Å². The lowest BCUT2D eigenvalue weighted by molar-refractivity contribution is 0.277. The van der Waals surface area contributed by atoms with Gasteiger partial charge in [-0.25, -0.2) is 9.07 Å². The zero-order valence-electron chi connectivity index (χ0n) is 11.8. The number of hydrogen-bond acceptors (Lipinski definition) is 4. The zero-order chi connectivity index (χ0) is 14.5. The minimum atomic E-state index is -0.346. The minimum absolute atomic E-state index is 0.268. The number of benzene rings is 1. The van der Waals surface area contributed by atoms with E-state index in [1.54, 1.807) is 22.9 Å². The highest BCUT2D eigenvalue weighted by Crippen LogP contribution is 2.27. The third-order valence-corrected chi connectivity index (χ3v) is 3.44. The molecular weight excluding hydrogens is 271 g/mol. The highest BCUT2D eigenvalue weighted by atomic mass is 19.1. The van der Waals surface area contributed by atoms with Crippen LogP contribution in [0.2, 0.25) is 0 Å². The molecule has 0 saturated heterocycles. The molecule has 5 nitrogen and oxygen atoms in total. The number of nitrogens with zero attached hydrogens (tertiary/aromatic N) is 3. The number of nitrogens with one attached hydrogen (secondary N) is 1. The molecule has 1 aliphatic rings. The van der Waals surface area contributed by atoms with E-state index in [9.17, 15) is 4.39 Å². The van der Waals surface area contributed by atoms with E-state index < -0.39 is 0 Å². The van der Waals surface area contributed by atoms with E-state index in [0.29, 0.717) is 13.2 Å². The van der Waals surface area contributed by atoms with Crippen LogP contribution in [0.1, 0.15) is 18.5 Å². The fourth-order valence-electron chi connectivity index (χ4n) is 2.07. The number of rotatable bonds is 8. The summed E-state index contributed by atoms with van der Waals surface area (Å²) in [4.78, 5) is 0. The van der Waals surface area contributed by atoms with Gasteiger partial charge in [-0.15, -0.1) is 5.10 Å². The van der Waals surface area contributed by atoms with Crippen LogP contribution in [-0.2, 0) is 13.1 Å². The molecule has 1 fully saturated rings. The highest BCUT2D eigenvalue weighted by molar-refractivity contribution is 5.23. The lowest BCUT2D eigenvalue weighted by Crippen LogP contribution is -2.16. The first-order valence-corrected chi connectivity index (χ1v) is 7.28. The van der Waals surface area contributed by atoms with E-state index in [1.807, 2.05) is 6.20 Å². The van der Waals surface area contributed by atoms with Crippen molar-refractivity contribution in [1.29, 1.82) is 0 Å². The van der Waals surface area contributed by atoms with Crippen LogP contribution in [0.5, 0.6) is 5.75 Å². The Morgan fingerprint density at radius 2 is 2.19 bits per heavy atom. The predicted molar refractivity (Wildman–Crippen MR) is 76.3 cm³/mol. The second-order valence-electron chi connectivity index (χ2n) is 5.33. The van der Waals surface area contributed by atoms with E-state index in [2.05, 4.69) is 15.6 Å². The molecule has 0 bridgehead atoms. The van der Waals surface area contributed by atoms with Gasteiger partial charge >= 0.3 is 0 Å². The molecule has 112 valence electrons. The van der Waals surface area contributed by atoms with Crippen LogP contribution in [0.4, 0.5) is 4.39 Å². The third kappa shape index (κ3) is 4.26. The molecule has 0 unspecified atom stereocenters. The lowest BCUT2D eigenvalue weighted by Gasteiger charge is -2.06. The monoisotopic (exact) mass is 290 g/mol. The Balaban J connectivity index is 1.40. The summed E-state index contributed by atoms with van der Waals surface area (Å²) < 4.78 is 20.5. The largest absolute Gasteiger partial charge is 0.489 e. The van der Waals surface area contributed by atoms with Crippen molar-refractivity contribution >= 4 is 0 Å². The van der Waals surface area contributed by atoms with Crippen molar-refractivity contribution in [2.24, 2.45) is 5.92 Å². The average Bonchev–Trinajstić information content (AvgIpc) is 3.20. The molecule has 1 N–H and O–H groups in total. The fraction of sp³-hybridized carbons (Fsp3) is 0.467. The predicted octanol–water partition coefficient (Wildman–Crippen LogP) is 2.00. The summed E-state index contributed by atoms with van der Waals surface area (Å²) in [5.41, 5.74) is 0.918. The molecule has 2 aromatic rings. The van der Waals surface area contributed by atoms with Crippen molar-refractivity contribution in [2.45, 2.75) is 25.9 Å². The quantitative estimate of drug-likeness (QED) is 0.808. The Labute approximate surface area is 123 Å². The number of ether oxygens (including phenoxy) is 1. The van der Waals surface area contributed by atoms with Crippen molar-refractivity contribution in [3.05, 3.63) is 42.0 Å². The first kappa shape index (κ1) is 14.0. The first-order valence-electron chi connectivity index (χ1n) is 7.28. The SMILES string of the molecule is Fc1ccccc1OCCn1cc(CNCC2CC2)nn1. The summed E-state index contributed by atoms with van der Waals surface area (Å²) in [5, 5.41) is 11.5. The molecule has 0 radical (unpaired) electrons. The van der Waals surface area contributed by atoms with Gasteiger partial charge in [-0.05, 0) is 37.4 Å². The minimum Gasteiger partial charge on any atom is -0.489 e. The van der Waals surface area contributed by atoms with Crippen LogP contribution in [0, 0.1) is 11.7 Å². The normalized spacial score (nSPS) is 14.3. The number of halogens is 1. The van der Waals surface area contributed by atoms with Gasteiger partial charge in [0.05, 0.1) is 12.2 Å². The molecule has 0 atom stereocenters. The molecule has 1 heterocycles. The molecule has 3 rings (SSSR count). The Bertz CT molecular complexity index is 583. The molecule has 0 amide bonds. The highest BCUT2D eigenvalue weighted by Gasteiger charge is 2.20. The number of hydrogen-bond donors (Lipinski definition) is 1. The van der Waals surface area contributed by atoms with Crippen LogP contribution < -0.4 is 10.1 Å². The lowest BCUT2D eigenvalue weighted by atomic mass is 10.3. The second kappa shape index (κ2) is 6.67. The van der Waals surface area contributed by atoms with Gasteiger partial charge in [-0.2, -0.15) is 0 Å². The van der Waals surface area contributed by atoms with Crippen molar-refractivity contribution < 1.29 is 9.13 Å². The smallest absolute Gasteiger partial charge is 0.165 e. The molecule has 1 aliphatic carbocycles. The van der Waals surface area contributed by atoms with Crippen molar-refractivity contribution in [3.63, 3.8) is 0 Å². The summed E-state index contributed by atoms with van der Waals surface area (Å²) in [6, 6.07) is 6.39. The van der Waals surface area contributed by atoms with Crippen molar-refractivity contribution in [1.82, 2.24) is 20.3 Å². The van der Waals surface area contributed by atoms with Gasteiger partial charge in [0.1, 0.15) is 6.61 Å². The zero-order valence-corrected chi connectivity index (χ0v) is 11.8. The Hall–Kier alpha value is -1.95. The first-order chi connectivity index (χ1) is 10.3. The molecule has 6 heteroatoms. The molecule has 0 spiro atoms. The summed E-state index contributed by atoms with van der Waals surface area (Å²) in [6.07, 6.45) is 4.57. The van der Waals surface area contributed by atoms with Crippen LogP contribution in [-0.4, -0.2) is 28.1 Å². The van der Waals surface area contributed by atoms with Crippen LogP contribution in [0.15, 0.2) is 30.5 Å². The standard InChI is InChI=1S/C15H19FN4O/c16-14-3-1-2-4-15(14)21-8-7-20-11-13(18-19-20)10-17-9-12-5-6-12/h1-4,11-12,17H,5-10H2. The number of para-hydroxylation sites is 1. The summed E-state index contributed by atoms with van der Waals surface area (Å²) in [7, 11) is 0. The molecule has 0 aliphatic heterocycles. The maximum Gasteiger partial charge on any atom is 0.165 e. The van der Waals surface area contributed by atoms with E-state index in [-0.39, 0.29) is 11.6 Å². The Morgan fingerprint density at radius 1 is 1.33 bits per heavy atom. The Kier molecular flexibility index (Phi) is 4.45. The summed E-state index contributed by atoms with van der Waals surface area (Å²) in [6.45, 7) is 2.71. The van der Waals surface area contributed by atoms with Gasteiger partial charge in [0.25, 0.3) is 0 Å². The Morgan fingerprint density at radius 3 is 3.00 bits per heavy atom. The maximum absolute atomic E-state index is 13.4. The molecular formula is C15H19FN4O. The molecule has 21 heavy (non-hydrogen) atoms. The van der Waals surface area contributed by atoms with E-state index in [4.69, 9.17) is 4.74 Å². The van der Waals surface area contributed by atoms with E-state index in [1.165, 1.54) is 18.9 Å². The van der Waals surface area contributed by atoms with Gasteiger partial charge in [0.15, 0.2) is 11.6 Å². The molecule has 1 aromatic carbocycles. The van der Waals surface area contributed by atoms with Crippen LogP contribution >= 0.6 is 0 Å². The number of aromatic nitrogens is 3. The van der Waals surface area contributed by atoms with E-state index >= 15 is 0 Å². The third-order valence-electron chi connectivity index (χ3n) is 3.44. The van der Waals surface area contributed by atoms with E-state index in [0.717, 1.165) is 24.7 Å². The van der Waals surface area contributed by atoms with Crippen molar-refractivity contribution in [3.8, 4) is 5.75 Å². The van der Waals surface area contributed by atoms with Crippen molar-refractivity contribution in [2.75, 3.05) is 13.2 Å². The average molecular weight is 290 g/mol. The van der Waals surface area contributed by atoms with Gasteiger partial charge in [0, 0.05) is 12.7 Å². The van der Waals surface area contributed by atoms with Gasteiger partial charge < -0.3 is 10.1 Å². The van der Waals surface area contributed by atoms with Gasteiger partial charge in [-0.1, -0.05) is 17.3 Å². The van der Waals surface area contributed by atoms with Crippen LogP contribution in [0.25, 0.3) is 0 Å². The summed E-state index contributed by atoms with van der Waals surface area (Å²) >= 11 is 0. The fourth-order valence-corrected chi connectivity index (χ4v) is 2.07. The summed E-state index contributed by atoms with van der Waals surface area (Å²) in [5.74, 6) is 0.777. The van der Waals surface area contributed by atoms with Gasteiger partial charge in [-0.3, -0.25) is 0 Å². The molecule has 1 aromatic heterocycles. The molecule has 1 saturated carbocycles. The van der Waals surface area contributed by atoms with Gasteiger partial charge in [0.2, 0.25) is 0 Å².